The van der Waals surface area contributed by atoms with Crippen molar-refractivity contribution in [3.8, 4) is 0 Å². The highest BCUT2D eigenvalue weighted by atomic mass is 16.5. The van der Waals surface area contributed by atoms with Crippen LogP contribution in [0.25, 0.3) is 0 Å². The number of aliphatic imine (C=N–C) groups is 1. The zero-order valence-electron chi connectivity index (χ0n) is 18.1. The predicted molar refractivity (Wildman–Crippen MR) is 118 cm³/mol. The number of methoxy groups -OCH3 is 1. The van der Waals surface area contributed by atoms with Crippen LogP contribution in [0.15, 0.2) is 45.8 Å². The number of esters is 1. The largest absolute Gasteiger partial charge is 0.465 e. The van der Waals surface area contributed by atoms with Crippen LogP contribution in [0, 0.1) is 6.92 Å². The van der Waals surface area contributed by atoms with Crippen molar-refractivity contribution in [1.82, 2.24) is 15.5 Å². The summed E-state index contributed by atoms with van der Waals surface area (Å²) in [5, 5.41) is 6.78. The fraction of sp³-hybridized carbons (Fsp3) is 0.478. The lowest BCUT2D eigenvalue weighted by Gasteiger charge is -2.29. The summed E-state index contributed by atoms with van der Waals surface area (Å²) in [6.07, 6.45) is 2.50. The van der Waals surface area contributed by atoms with Crippen molar-refractivity contribution < 1.29 is 13.9 Å². The van der Waals surface area contributed by atoms with E-state index in [-0.39, 0.29) is 0 Å². The molecule has 7 nitrogen and oxygen atoms in total. The average Bonchev–Trinajstić information content (AvgIpc) is 3.42. The van der Waals surface area contributed by atoms with Gasteiger partial charge < -0.3 is 19.8 Å². The summed E-state index contributed by atoms with van der Waals surface area (Å²) in [5.74, 6) is 1.51. The molecule has 1 atom stereocenters. The van der Waals surface area contributed by atoms with E-state index in [4.69, 9.17) is 9.15 Å². The molecule has 30 heavy (non-hydrogen) atoms. The van der Waals surface area contributed by atoms with Gasteiger partial charge in [-0.25, -0.2) is 9.79 Å². The highest BCUT2D eigenvalue weighted by molar-refractivity contribution is 5.90. The van der Waals surface area contributed by atoms with Gasteiger partial charge in [0.15, 0.2) is 5.96 Å². The van der Waals surface area contributed by atoms with Crippen molar-refractivity contribution in [1.29, 1.82) is 0 Å². The Labute approximate surface area is 178 Å². The van der Waals surface area contributed by atoms with Crippen LogP contribution in [0.5, 0.6) is 0 Å². The molecule has 1 aromatic carbocycles. The molecule has 0 spiro atoms. The van der Waals surface area contributed by atoms with E-state index < -0.39 is 5.97 Å². The van der Waals surface area contributed by atoms with Crippen LogP contribution in [-0.4, -0.2) is 50.1 Å². The van der Waals surface area contributed by atoms with Crippen molar-refractivity contribution >= 4 is 11.9 Å². The number of guanidine groups is 1. The second-order valence-corrected chi connectivity index (χ2v) is 7.42. The SMILES string of the molecule is CCNC(=NCc1cc(C(=O)OC)c(C)o1)NCC(c1ccccc1)N1CCCC1. The second-order valence-electron chi connectivity index (χ2n) is 7.42. The lowest BCUT2D eigenvalue weighted by Crippen LogP contribution is -2.42. The molecule has 2 heterocycles. The molecule has 3 rings (SSSR count). The number of rotatable bonds is 8. The summed E-state index contributed by atoms with van der Waals surface area (Å²) in [5.41, 5.74) is 1.76. The van der Waals surface area contributed by atoms with E-state index in [2.05, 4.69) is 50.9 Å². The standard InChI is InChI=1S/C23H32N4O3/c1-4-24-23(25-15-19-14-20(17(2)30-19)22(28)29-3)26-16-21(27-12-8-9-13-27)18-10-6-5-7-11-18/h5-7,10-11,14,21H,4,8-9,12-13,15-16H2,1-3H3,(H2,24,25,26). The van der Waals surface area contributed by atoms with Gasteiger partial charge in [0.25, 0.3) is 0 Å². The first-order valence-electron chi connectivity index (χ1n) is 10.6. The summed E-state index contributed by atoms with van der Waals surface area (Å²) >= 11 is 0. The normalized spacial score (nSPS) is 15.8. The third kappa shape index (κ3) is 5.63. The highest BCUT2D eigenvalue weighted by Crippen LogP contribution is 2.24. The smallest absolute Gasteiger partial charge is 0.341 e. The van der Waals surface area contributed by atoms with Gasteiger partial charge in [0.05, 0.1) is 13.2 Å². The Balaban J connectivity index is 1.68. The number of aryl methyl sites for hydroxylation is 1. The van der Waals surface area contributed by atoms with Gasteiger partial charge in [0, 0.05) is 13.1 Å². The van der Waals surface area contributed by atoms with Gasteiger partial charge in [-0.2, -0.15) is 0 Å². The number of ether oxygens (including phenoxy) is 1. The summed E-state index contributed by atoms with van der Waals surface area (Å²) in [6.45, 7) is 7.90. The van der Waals surface area contributed by atoms with Crippen LogP contribution >= 0.6 is 0 Å². The van der Waals surface area contributed by atoms with Crippen LogP contribution < -0.4 is 10.6 Å². The summed E-state index contributed by atoms with van der Waals surface area (Å²) in [4.78, 5) is 19.0. The number of benzene rings is 1. The van der Waals surface area contributed by atoms with E-state index >= 15 is 0 Å². The summed E-state index contributed by atoms with van der Waals surface area (Å²) in [6, 6.07) is 12.6. The molecule has 1 saturated heterocycles. The van der Waals surface area contributed by atoms with Crippen LogP contribution in [0.1, 0.15) is 53.2 Å². The number of carbonyl (C=O) groups excluding carboxylic acids is 1. The Morgan fingerprint density at radius 1 is 1.23 bits per heavy atom. The van der Waals surface area contributed by atoms with Crippen LogP contribution in [0.2, 0.25) is 0 Å². The van der Waals surface area contributed by atoms with E-state index in [0.717, 1.165) is 32.1 Å². The van der Waals surface area contributed by atoms with Crippen molar-refractivity contribution in [2.24, 2.45) is 4.99 Å². The topological polar surface area (TPSA) is 79.1 Å². The molecule has 0 saturated carbocycles. The molecule has 0 aliphatic carbocycles. The quantitative estimate of drug-likeness (QED) is 0.394. The van der Waals surface area contributed by atoms with Crippen LogP contribution in [-0.2, 0) is 11.3 Å². The van der Waals surface area contributed by atoms with Crippen molar-refractivity contribution in [2.45, 2.75) is 39.3 Å². The van der Waals surface area contributed by atoms with Crippen molar-refractivity contribution in [3.05, 3.63) is 59.0 Å². The Kier molecular flexibility index (Phi) is 7.90. The molecule has 1 aliphatic rings. The predicted octanol–water partition coefficient (Wildman–Crippen LogP) is 3.27. The Morgan fingerprint density at radius 2 is 1.97 bits per heavy atom. The van der Waals surface area contributed by atoms with Gasteiger partial charge in [0.2, 0.25) is 0 Å². The van der Waals surface area contributed by atoms with Crippen LogP contribution in [0.4, 0.5) is 0 Å². The number of hydrogen-bond donors (Lipinski definition) is 2. The number of carbonyl (C=O) groups is 1. The van der Waals surface area contributed by atoms with Gasteiger partial charge in [-0.3, -0.25) is 4.90 Å². The van der Waals surface area contributed by atoms with Crippen LogP contribution in [0.3, 0.4) is 0 Å². The number of furan rings is 1. The molecule has 1 unspecified atom stereocenters. The van der Waals surface area contributed by atoms with E-state index in [1.807, 2.05) is 6.92 Å². The lowest BCUT2D eigenvalue weighted by molar-refractivity contribution is 0.0599. The Morgan fingerprint density at radius 3 is 2.63 bits per heavy atom. The minimum absolute atomic E-state index is 0.300. The van der Waals surface area contributed by atoms with Crippen molar-refractivity contribution in [2.75, 3.05) is 33.3 Å². The monoisotopic (exact) mass is 412 g/mol. The van der Waals surface area contributed by atoms with E-state index in [1.165, 1.54) is 25.5 Å². The number of hydrogen-bond acceptors (Lipinski definition) is 5. The molecular formula is C23H32N4O3. The fourth-order valence-corrected chi connectivity index (χ4v) is 3.81. The summed E-state index contributed by atoms with van der Waals surface area (Å²) in [7, 11) is 1.36. The molecule has 0 radical (unpaired) electrons. The maximum absolute atomic E-state index is 11.8. The first-order chi connectivity index (χ1) is 14.6. The first kappa shape index (κ1) is 21.9. The number of nitrogens with one attached hydrogen (secondary N) is 2. The molecular weight excluding hydrogens is 380 g/mol. The second kappa shape index (κ2) is 10.8. The minimum Gasteiger partial charge on any atom is -0.465 e. The van der Waals surface area contributed by atoms with Gasteiger partial charge in [-0.15, -0.1) is 0 Å². The third-order valence-electron chi connectivity index (χ3n) is 5.34. The zero-order valence-corrected chi connectivity index (χ0v) is 18.1. The molecule has 162 valence electrons. The first-order valence-corrected chi connectivity index (χ1v) is 10.6. The van der Waals surface area contributed by atoms with Gasteiger partial charge in [-0.05, 0) is 51.4 Å². The third-order valence-corrected chi connectivity index (χ3v) is 5.34. The number of likely N-dealkylation sites (tertiary alicyclic amines) is 1. The molecule has 2 N–H and O–H groups in total. The highest BCUT2D eigenvalue weighted by Gasteiger charge is 2.23. The minimum atomic E-state index is -0.396. The Hall–Kier alpha value is -2.80. The van der Waals surface area contributed by atoms with E-state index in [0.29, 0.717) is 29.7 Å². The van der Waals surface area contributed by atoms with Gasteiger partial charge >= 0.3 is 5.97 Å². The maximum Gasteiger partial charge on any atom is 0.341 e. The lowest BCUT2D eigenvalue weighted by atomic mass is 10.1. The molecule has 1 aliphatic heterocycles. The van der Waals surface area contributed by atoms with Crippen molar-refractivity contribution in [3.63, 3.8) is 0 Å². The molecule has 0 amide bonds. The number of nitrogens with zero attached hydrogens (tertiary/aromatic N) is 2. The van der Waals surface area contributed by atoms with Gasteiger partial charge in [-0.1, -0.05) is 30.3 Å². The fourth-order valence-electron chi connectivity index (χ4n) is 3.81. The van der Waals surface area contributed by atoms with Gasteiger partial charge in [0.1, 0.15) is 23.6 Å². The summed E-state index contributed by atoms with van der Waals surface area (Å²) < 4.78 is 10.5. The van der Waals surface area contributed by atoms with E-state index in [1.54, 1.807) is 13.0 Å². The molecule has 2 aromatic rings. The zero-order chi connectivity index (χ0) is 21.3. The Bertz CT molecular complexity index is 841. The molecule has 1 fully saturated rings. The molecule has 0 bridgehead atoms. The average molecular weight is 413 g/mol. The molecule has 7 heteroatoms. The molecule has 1 aromatic heterocycles. The maximum atomic E-state index is 11.8. The van der Waals surface area contributed by atoms with E-state index in [9.17, 15) is 4.79 Å².